The summed E-state index contributed by atoms with van der Waals surface area (Å²) in [6.45, 7) is 3.33. The van der Waals surface area contributed by atoms with Gasteiger partial charge in [-0.05, 0) is 49.7 Å². The average Bonchev–Trinajstić information content (AvgIpc) is 2.59. The number of halogens is 1. The zero-order valence-corrected chi connectivity index (χ0v) is 14.5. The Kier molecular flexibility index (Phi) is 4.72. The van der Waals surface area contributed by atoms with Crippen LogP contribution in [0.15, 0.2) is 47.4 Å². The smallest absolute Gasteiger partial charge is 0.281 e. The number of nitrogens with zero attached hydrogens (tertiary/aromatic N) is 2. The fourth-order valence-electron chi connectivity index (χ4n) is 2.40. The zero-order valence-electron chi connectivity index (χ0n) is 13.7. The van der Waals surface area contributed by atoms with Crippen LogP contribution in [0.5, 0.6) is 5.75 Å². The van der Waals surface area contributed by atoms with Gasteiger partial charge in [-0.15, -0.1) is 0 Å². The lowest BCUT2D eigenvalue weighted by atomic mass is 10.2. The molecule has 7 heteroatoms. The van der Waals surface area contributed by atoms with E-state index >= 15 is 0 Å². The Labute approximate surface area is 149 Å². The summed E-state index contributed by atoms with van der Waals surface area (Å²) in [5, 5.41) is 3.17. The molecule has 0 fully saturated rings. The Hall–Kier alpha value is -2.86. The van der Waals surface area contributed by atoms with Crippen LogP contribution in [-0.4, -0.2) is 21.9 Å². The number of rotatable bonds is 4. The number of ether oxygens (including phenoxy) is 1. The number of pyridine rings is 1. The van der Waals surface area contributed by atoms with Crippen LogP contribution in [0.3, 0.4) is 0 Å². The van der Waals surface area contributed by atoms with E-state index in [1.54, 1.807) is 43.5 Å². The van der Waals surface area contributed by atoms with Gasteiger partial charge in [-0.1, -0.05) is 17.7 Å². The minimum absolute atomic E-state index is 0.146. The van der Waals surface area contributed by atoms with Gasteiger partial charge in [0.2, 0.25) is 0 Å². The number of nitrogens with one attached hydrogen (secondary N) is 1. The van der Waals surface area contributed by atoms with Crippen molar-refractivity contribution in [1.29, 1.82) is 0 Å². The third-order valence-electron chi connectivity index (χ3n) is 3.68. The monoisotopic (exact) mass is 357 g/mol. The number of hydrogen-bond donors (Lipinski definition) is 1. The molecule has 0 spiro atoms. The number of carbonyl (C=O) groups excluding carboxylic acids is 1. The fraction of sp³-hybridized carbons (Fsp3) is 0.167. The van der Waals surface area contributed by atoms with Crippen LogP contribution in [0, 0.1) is 13.8 Å². The average molecular weight is 358 g/mol. The van der Waals surface area contributed by atoms with E-state index in [2.05, 4.69) is 10.3 Å². The first-order valence-electron chi connectivity index (χ1n) is 7.62. The lowest BCUT2D eigenvalue weighted by Gasteiger charge is -2.11. The van der Waals surface area contributed by atoms with Crippen LogP contribution in [0.1, 0.15) is 11.3 Å². The van der Waals surface area contributed by atoms with Crippen LogP contribution < -0.4 is 15.6 Å². The number of carbonyl (C=O) groups is 1. The Morgan fingerprint density at radius 3 is 2.68 bits per heavy atom. The molecule has 1 amide bonds. The van der Waals surface area contributed by atoms with E-state index in [4.69, 9.17) is 16.3 Å². The molecular formula is C18H16ClN3O3. The zero-order chi connectivity index (χ0) is 18.0. The molecule has 0 saturated carbocycles. The highest BCUT2D eigenvalue weighted by Crippen LogP contribution is 2.16. The molecule has 0 unspecified atom stereocenters. The predicted octanol–water partition coefficient (Wildman–Crippen LogP) is 2.98. The number of benzene rings is 1. The van der Waals surface area contributed by atoms with Crippen molar-refractivity contribution >= 4 is 28.8 Å². The number of aromatic nitrogens is 2. The lowest BCUT2D eigenvalue weighted by Crippen LogP contribution is -2.28. The Morgan fingerprint density at radius 1 is 1.24 bits per heavy atom. The molecule has 2 heterocycles. The summed E-state index contributed by atoms with van der Waals surface area (Å²) in [4.78, 5) is 29.1. The summed E-state index contributed by atoms with van der Waals surface area (Å²) in [6, 6.07) is 10.3. The summed E-state index contributed by atoms with van der Waals surface area (Å²) in [5.41, 5.74) is 1.73. The van der Waals surface area contributed by atoms with Crippen LogP contribution in [0.25, 0.3) is 5.65 Å². The number of aryl methyl sites for hydroxylation is 2. The Balaban J connectivity index is 1.79. The minimum Gasteiger partial charge on any atom is -0.484 e. The van der Waals surface area contributed by atoms with Crippen molar-refractivity contribution in [2.75, 3.05) is 11.9 Å². The molecule has 25 heavy (non-hydrogen) atoms. The van der Waals surface area contributed by atoms with Crippen molar-refractivity contribution in [2.45, 2.75) is 13.8 Å². The first-order valence-corrected chi connectivity index (χ1v) is 8.00. The van der Waals surface area contributed by atoms with E-state index in [0.29, 0.717) is 22.1 Å². The standard InChI is InChI=1S/C18H16ClN3O3/c1-11-4-3-9-22-17(11)20-12(2)16(18(22)24)21-15(23)10-25-14-7-5-13(19)6-8-14/h3-9H,10H2,1-2H3,(H,21,23). The molecule has 3 rings (SSSR count). The molecule has 0 aliphatic carbocycles. The number of anilines is 1. The maximum absolute atomic E-state index is 12.6. The van der Waals surface area contributed by atoms with Gasteiger partial charge in [0.1, 0.15) is 17.1 Å². The SMILES string of the molecule is Cc1nc2c(C)cccn2c(=O)c1NC(=O)COc1ccc(Cl)cc1. The molecule has 0 aliphatic heterocycles. The maximum atomic E-state index is 12.6. The van der Waals surface area contributed by atoms with E-state index in [0.717, 1.165) is 5.56 Å². The van der Waals surface area contributed by atoms with Gasteiger partial charge in [0, 0.05) is 11.2 Å². The Bertz CT molecular complexity index is 997. The van der Waals surface area contributed by atoms with Gasteiger partial charge >= 0.3 is 0 Å². The number of hydrogen-bond acceptors (Lipinski definition) is 4. The molecule has 3 aromatic rings. The maximum Gasteiger partial charge on any atom is 0.281 e. The second kappa shape index (κ2) is 6.94. The summed E-state index contributed by atoms with van der Waals surface area (Å²) in [6.07, 6.45) is 1.62. The van der Waals surface area contributed by atoms with E-state index in [1.165, 1.54) is 4.40 Å². The molecule has 6 nitrogen and oxygen atoms in total. The van der Waals surface area contributed by atoms with Crippen molar-refractivity contribution in [2.24, 2.45) is 0 Å². The summed E-state index contributed by atoms with van der Waals surface area (Å²) >= 11 is 5.80. The third-order valence-corrected chi connectivity index (χ3v) is 3.93. The second-order valence-electron chi connectivity index (χ2n) is 5.55. The molecule has 0 aliphatic rings. The molecule has 128 valence electrons. The largest absolute Gasteiger partial charge is 0.484 e. The topological polar surface area (TPSA) is 72.7 Å². The second-order valence-corrected chi connectivity index (χ2v) is 5.99. The van der Waals surface area contributed by atoms with Gasteiger partial charge in [0.05, 0.1) is 5.69 Å². The highest BCUT2D eigenvalue weighted by atomic mass is 35.5. The molecule has 0 bridgehead atoms. The quantitative estimate of drug-likeness (QED) is 0.779. The summed E-state index contributed by atoms with van der Waals surface area (Å²) in [5.74, 6) is 0.0739. The lowest BCUT2D eigenvalue weighted by molar-refractivity contribution is -0.118. The Morgan fingerprint density at radius 2 is 1.96 bits per heavy atom. The fourth-order valence-corrected chi connectivity index (χ4v) is 2.53. The first kappa shape index (κ1) is 17.0. The van der Waals surface area contributed by atoms with Gasteiger partial charge in [-0.2, -0.15) is 0 Å². The van der Waals surface area contributed by atoms with E-state index in [1.807, 2.05) is 13.0 Å². The molecule has 0 radical (unpaired) electrons. The van der Waals surface area contributed by atoms with Crippen LogP contribution in [0.4, 0.5) is 5.69 Å². The minimum atomic E-state index is -0.440. The molecule has 1 N–H and O–H groups in total. The predicted molar refractivity (Wildman–Crippen MR) is 96.5 cm³/mol. The van der Waals surface area contributed by atoms with E-state index in [9.17, 15) is 9.59 Å². The highest BCUT2D eigenvalue weighted by molar-refractivity contribution is 6.30. The third kappa shape index (κ3) is 3.64. The van der Waals surface area contributed by atoms with Crippen LogP contribution in [-0.2, 0) is 4.79 Å². The van der Waals surface area contributed by atoms with Crippen molar-refractivity contribution < 1.29 is 9.53 Å². The van der Waals surface area contributed by atoms with Gasteiger partial charge in [-0.3, -0.25) is 14.0 Å². The molecule has 0 atom stereocenters. The number of amides is 1. The molecule has 1 aromatic carbocycles. The van der Waals surface area contributed by atoms with Crippen molar-refractivity contribution in [3.8, 4) is 5.75 Å². The van der Waals surface area contributed by atoms with Gasteiger partial charge in [0.15, 0.2) is 6.61 Å². The normalized spacial score (nSPS) is 10.7. The first-order chi connectivity index (χ1) is 12.0. The van der Waals surface area contributed by atoms with Crippen molar-refractivity contribution in [1.82, 2.24) is 9.38 Å². The van der Waals surface area contributed by atoms with Gasteiger partial charge < -0.3 is 10.1 Å². The van der Waals surface area contributed by atoms with Crippen molar-refractivity contribution in [3.63, 3.8) is 0 Å². The van der Waals surface area contributed by atoms with E-state index < -0.39 is 5.91 Å². The van der Waals surface area contributed by atoms with Gasteiger partial charge in [-0.25, -0.2) is 4.98 Å². The highest BCUT2D eigenvalue weighted by Gasteiger charge is 2.14. The molecule has 2 aromatic heterocycles. The van der Waals surface area contributed by atoms with E-state index in [-0.39, 0.29) is 17.9 Å². The van der Waals surface area contributed by atoms with Crippen molar-refractivity contribution in [3.05, 3.63) is 69.2 Å². The molecule has 0 saturated heterocycles. The van der Waals surface area contributed by atoms with Crippen LogP contribution >= 0.6 is 11.6 Å². The van der Waals surface area contributed by atoms with Gasteiger partial charge in [0.25, 0.3) is 11.5 Å². The summed E-state index contributed by atoms with van der Waals surface area (Å²) < 4.78 is 6.80. The molecular weight excluding hydrogens is 342 g/mol. The number of fused-ring (bicyclic) bond motifs is 1. The van der Waals surface area contributed by atoms with Crippen LogP contribution in [0.2, 0.25) is 5.02 Å². The summed E-state index contributed by atoms with van der Waals surface area (Å²) in [7, 11) is 0.